The van der Waals surface area contributed by atoms with Gasteiger partial charge in [-0.05, 0) is 61.2 Å². The molecule has 0 fully saturated rings. The van der Waals surface area contributed by atoms with Crippen molar-refractivity contribution in [2.45, 2.75) is 26.3 Å². The van der Waals surface area contributed by atoms with Crippen molar-refractivity contribution >= 4 is 35.4 Å². The molecular weight excluding hydrogens is 668 g/mol. The van der Waals surface area contributed by atoms with Crippen molar-refractivity contribution < 1.29 is 47.9 Å². The van der Waals surface area contributed by atoms with Crippen LogP contribution in [0.15, 0.2) is 53.3 Å². The van der Waals surface area contributed by atoms with Crippen molar-refractivity contribution in [2.24, 2.45) is 5.73 Å². The number of nitrogens with two attached hydrogens (primary N) is 1. The van der Waals surface area contributed by atoms with Crippen LogP contribution in [0, 0.1) is 24.0 Å². The van der Waals surface area contributed by atoms with E-state index in [-0.39, 0.29) is 50.0 Å². The minimum atomic E-state index is -1.01. The molecule has 0 aliphatic carbocycles. The molecule has 16 nitrogen and oxygen atoms in total. The van der Waals surface area contributed by atoms with Crippen molar-refractivity contribution in [3.8, 4) is 34.4 Å². The number of ether oxygens (including phenoxy) is 6. The molecule has 0 spiro atoms. The summed E-state index contributed by atoms with van der Waals surface area (Å²) in [6.45, 7) is 2.95. The Balaban J connectivity index is 0.00000650. The molecule has 49 heavy (non-hydrogen) atoms. The number of hydrogen-bond donors (Lipinski definition) is 2. The van der Waals surface area contributed by atoms with Crippen molar-refractivity contribution in [3.05, 3.63) is 85.7 Å². The topological polar surface area (TPSA) is 214 Å². The minimum absolute atomic E-state index is 0. The lowest BCUT2D eigenvalue weighted by molar-refractivity contribution is -0.757. The molecule has 0 aliphatic heterocycles. The number of hydrogen-bond acceptors (Lipinski definition) is 14. The number of aryl methyl sites for hydroxylation is 2. The summed E-state index contributed by atoms with van der Waals surface area (Å²) >= 11 is 0. The van der Waals surface area contributed by atoms with Crippen LogP contribution in [0.25, 0.3) is 22.3 Å². The zero-order chi connectivity index (χ0) is 34.8. The molecular formula is C32H35ClN4O12. The third-order valence-corrected chi connectivity index (χ3v) is 6.89. The number of aromatic nitrogens is 2. The smallest absolute Gasteiger partial charge is 0.497 e. The second kappa shape index (κ2) is 17.5. The molecule has 17 heteroatoms. The molecule has 4 aromatic rings. The Morgan fingerprint density at radius 2 is 1.61 bits per heavy atom. The second-order valence-electron chi connectivity index (χ2n) is 10.3. The van der Waals surface area contributed by atoms with Crippen LogP contribution in [0.5, 0.6) is 23.0 Å². The first-order chi connectivity index (χ1) is 23.0. The van der Waals surface area contributed by atoms with Gasteiger partial charge in [0.15, 0.2) is 0 Å². The number of esters is 1. The molecule has 0 radical (unpaired) electrons. The molecule has 1 atom stereocenters. The average Bonchev–Trinajstić information content (AvgIpc) is 3.05. The Labute approximate surface area is 285 Å². The zero-order valence-corrected chi connectivity index (χ0v) is 27.8. The molecule has 0 saturated heterocycles. The van der Waals surface area contributed by atoms with Crippen LogP contribution in [0.4, 0.5) is 4.79 Å². The largest absolute Gasteiger partial charge is 0.513 e. The number of carbonyl (C=O) groups is 2. The highest BCUT2D eigenvalue weighted by Gasteiger charge is 2.17. The SMILES string of the molecule is COc1cc(OC)c2c(=O)[nH]c(-c3cc(C)c(OCCOC(=O)Oc4ccc(CC(N)C(=O)OCCO[N+](=O)[O-])cc4)c(C)c3)nc2c1.Cl. The summed E-state index contributed by atoms with van der Waals surface area (Å²) in [6.07, 6.45) is -0.815. The lowest BCUT2D eigenvalue weighted by Crippen LogP contribution is -2.35. The predicted molar refractivity (Wildman–Crippen MR) is 177 cm³/mol. The normalized spacial score (nSPS) is 11.1. The number of carbonyl (C=O) groups excluding carboxylic acids is 2. The monoisotopic (exact) mass is 702 g/mol. The van der Waals surface area contributed by atoms with Crippen molar-refractivity contribution in [2.75, 3.05) is 40.6 Å². The van der Waals surface area contributed by atoms with Crippen LogP contribution in [0.1, 0.15) is 16.7 Å². The number of aromatic amines is 1. The average molecular weight is 703 g/mol. The summed E-state index contributed by atoms with van der Waals surface area (Å²) in [5, 5.41) is 9.45. The Hall–Kier alpha value is -5.61. The fourth-order valence-electron chi connectivity index (χ4n) is 4.73. The number of methoxy groups -OCH3 is 2. The third-order valence-electron chi connectivity index (χ3n) is 6.89. The molecule has 0 aliphatic rings. The van der Waals surface area contributed by atoms with Gasteiger partial charge in [0.05, 0.1) is 19.7 Å². The van der Waals surface area contributed by atoms with E-state index in [1.54, 1.807) is 24.3 Å². The summed E-state index contributed by atoms with van der Waals surface area (Å²) in [6, 6.07) is 12.2. The fourth-order valence-corrected chi connectivity index (χ4v) is 4.73. The zero-order valence-electron chi connectivity index (χ0n) is 27.0. The highest BCUT2D eigenvalue weighted by molar-refractivity contribution is 5.87. The van der Waals surface area contributed by atoms with Gasteiger partial charge >= 0.3 is 12.1 Å². The molecule has 0 bridgehead atoms. The van der Waals surface area contributed by atoms with Crippen LogP contribution < -0.4 is 30.2 Å². The fraction of sp³-hybridized carbons (Fsp3) is 0.312. The summed E-state index contributed by atoms with van der Waals surface area (Å²) < 4.78 is 31.7. The van der Waals surface area contributed by atoms with E-state index < -0.39 is 29.9 Å². The first-order valence-electron chi connectivity index (χ1n) is 14.5. The third kappa shape index (κ3) is 10.2. The summed E-state index contributed by atoms with van der Waals surface area (Å²) in [7, 11) is 2.99. The van der Waals surface area contributed by atoms with Gasteiger partial charge in [0.25, 0.3) is 10.6 Å². The maximum atomic E-state index is 12.9. The van der Waals surface area contributed by atoms with Gasteiger partial charge in [-0.1, -0.05) is 12.1 Å². The maximum absolute atomic E-state index is 12.9. The standard InChI is InChI=1S/C32H34N4O12.ClH/c1-18-13-21(29-34-25-16-23(42-3)17-26(43-4)27(25)30(37)35-29)14-19(2)28(18)44-9-10-46-32(39)48-22-7-5-20(6-8-22)15-24(33)31(38)45-11-12-47-36(40)41;/h5-8,13-14,16-17,24H,9-12,15,33H2,1-4H3,(H,34,35,37);1H. The van der Waals surface area contributed by atoms with E-state index in [9.17, 15) is 24.5 Å². The van der Waals surface area contributed by atoms with E-state index in [0.717, 1.165) is 11.1 Å². The number of rotatable bonds is 15. The van der Waals surface area contributed by atoms with E-state index in [1.165, 1.54) is 26.4 Å². The molecule has 262 valence electrons. The Morgan fingerprint density at radius 3 is 2.24 bits per heavy atom. The van der Waals surface area contributed by atoms with E-state index in [2.05, 4.69) is 14.8 Å². The first kappa shape index (κ1) is 37.8. The number of halogens is 1. The van der Waals surface area contributed by atoms with Crippen molar-refractivity contribution in [3.63, 3.8) is 0 Å². The Kier molecular flexibility index (Phi) is 13.5. The highest BCUT2D eigenvalue weighted by Crippen LogP contribution is 2.31. The van der Waals surface area contributed by atoms with Gasteiger partial charge in [0.2, 0.25) is 0 Å². The molecule has 3 aromatic carbocycles. The maximum Gasteiger partial charge on any atom is 0.513 e. The van der Waals surface area contributed by atoms with Crippen LogP contribution in [0.3, 0.4) is 0 Å². The van der Waals surface area contributed by atoms with Gasteiger partial charge in [-0.25, -0.2) is 9.78 Å². The first-order valence-corrected chi connectivity index (χ1v) is 14.5. The Morgan fingerprint density at radius 1 is 0.939 bits per heavy atom. The molecule has 0 amide bonds. The van der Waals surface area contributed by atoms with E-state index in [1.807, 2.05) is 26.0 Å². The lowest BCUT2D eigenvalue weighted by Gasteiger charge is -2.15. The van der Waals surface area contributed by atoms with Crippen molar-refractivity contribution in [1.82, 2.24) is 9.97 Å². The van der Waals surface area contributed by atoms with Crippen LogP contribution in [-0.4, -0.2) is 73.9 Å². The van der Waals surface area contributed by atoms with Gasteiger partial charge in [-0.15, -0.1) is 22.5 Å². The number of benzene rings is 3. The molecule has 1 heterocycles. The van der Waals surface area contributed by atoms with Crippen molar-refractivity contribution in [1.29, 1.82) is 0 Å². The molecule has 1 unspecified atom stereocenters. The van der Waals surface area contributed by atoms with E-state index >= 15 is 0 Å². The molecule has 0 saturated carbocycles. The highest BCUT2D eigenvalue weighted by atomic mass is 35.5. The summed E-state index contributed by atoms with van der Waals surface area (Å²) in [4.78, 5) is 58.7. The van der Waals surface area contributed by atoms with Crippen LogP contribution >= 0.6 is 12.4 Å². The van der Waals surface area contributed by atoms with Gasteiger partial charge in [0, 0.05) is 17.7 Å². The molecule has 1 aromatic heterocycles. The van der Waals surface area contributed by atoms with Crippen LogP contribution in [-0.2, 0) is 25.5 Å². The molecule has 3 N–H and O–H groups in total. The summed E-state index contributed by atoms with van der Waals surface area (Å²) in [5.74, 6) is 1.27. The van der Waals surface area contributed by atoms with Gasteiger partial charge in [0.1, 0.15) is 66.7 Å². The van der Waals surface area contributed by atoms with Crippen LogP contribution in [0.2, 0.25) is 0 Å². The number of fused-ring (bicyclic) bond motifs is 1. The molecule has 4 rings (SSSR count). The van der Waals surface area contributed by atoms with Gasteiger partial charge < -0.3 is 44.0 Å². The quantitative estimate of drug-likeness (QED) is 0.0592. The van der Waals surface area contributed by atoms with E-state index in [0.29, 0.717) is 45.1 Å². The predicted octanol–water partition coefficient (Wildman–Crippen LogP) is 3.86. The lowest BCUT2D eigenvalue weighted by atomic mass is 10.0. The van der Waals surface area contributed by atoms with Gasteiger partial charge in [-0.3, -0.25) is 9.59 Å². The number of H-pyrrole nitrogens is 1. The number of nitrogens with one attached hydrogen (secondary N) is 1. The number of nitrogens with zero attached hydrogens (tertiary/aromatic N) is 2. The summed E-state index contributed by atoms with van der Waals surface area (Å²) in [5.41, 5.74) is 8.77. The minimum Gasteiger partial charge on any atom is -0.497 e. The van der Waals surface area contributed by atoms with E-state index in [4.69, 9.17) is 34.2 Å². The van der Waals surface area contributed by atoms with Gasteiger partial charge in [-0.2, -0.15) is 0 Å². The Bertz CT molecular complexity index is 1830. The second-order valence-corrected chi connectivity index (χ2v) is 10.3.